The summed E-state index contributed by atoms with van der Waals surface area (Å²) in [7, 11) is -0.695. The second-order valence-electron chi connectivity index (χ2n) is 5.86. The van der Waals surface area contributed by atoms with Crippen molar-refractivity contribution in [2.75, 3.05) is 0 Å². The number of fused-ring (bicyclic) bond motifs is 3. The quantitative estimate of drug-likeness (QED) is 0.797. The van der Waals surface area contributed by atoms with Crippen LogP contribution in [0, 0.1) is 5.92 Å². The first-order chi connectivity index (χ1) is 9.72. The summed E-state index contributed by atoms with van der Waals surface area (Å²) in [5.41, 5.74) is 1.57. The molecule has 20 heavy (non-hydrogen) atoms. The number of Topliss-reactive ketones (excluding diaryl/α,β-unsaturated/α-hetero) is 1. The first-order valence-corrected chi connectivity index (χ1v) is 8.41. The lowest BCUT2D eigenvalue weighted by atomic mass is 9.90. The van der Waals surface area contributed by atoms with Crippen molar-refractivity contribution < 1.29 is 13.4 Å². The van der Waals surface area contributed by atoms with Crippen LogP contribution in [-0.4, -0.2) is 20.5 Å². The van der Waals surface area contributed by atoms with Crippen LogP contribution in [0.4, 0.5) is 0 Å². The van der Waals surface area contributed by atoms with Gasteiger partial charge in [-0.1, -0.05) is 0 Å². The molecule has 0 spiro atoms. The van der Waals surface area contributed by atoms with Crippen LogP contribution >= 0.6 is 0 Å². The van der Waals surface area contributed by atoms with E-state index in [-0.39, 0.29) is 22.2 Å². The smallest absolute Gasteiger partial charge is 0.166 e. The first-order valence-electron chi connectivity index (χ1n) is 7.13. The molecule has 2 fully saturated rings. The largest absolute Gasteiger partial charge is 0.464 e. The van der Waals surface area contributed by atoms with E-state index in [1.54, 1.807) is 6.26 Å². The van der Waals surface area contributed by atoms with Crippen molar-refractivity contribution in [2.24, 2.45) is 5.92 Å². The number of ketones is 1. The lowest BCUT2D eigenvalue weighted by Gasteiger charge is -2.26. The third kappa shape index (κ3) is 1.85. The summed E-state index contributed by atoms with van der Waals surface area (Å²) in [5, 5.41) is 1.47. The molecule has 1 aromatic heterocycles. The first kappa shape index (κ1) is 12.3. The molecule has 0 N–H and O–H groups in total. The van der Waals surface area contributed by atoms with Gasteiger partial charge in [-0.15, -0.1) is 0 Å². The van der Waals surface area contributed by atoms with E-state index in [9.17, 15) is 9.00 Å². The maximum Gasteiger partial charge on any atom is 0.166 e. The predicted octanol–water partition coefficient (Wildman–Crippen LogP) is 3.31. The monoisotopic (exact) mass is 288 g/mol. The predicted molar refractivity (Wildman–Crippen MR) is 78.2 cm³/mol. The van der Waals surface area contributed by atoms with Crippen LogP contribution < -0.4 is 0 Å². The van der Waals surface area contributed by atoms with E-state index >= 15 is 0 Å². The minimum absolute atomic E-state index is 0.0505. The normalized spacial score (nSPS) is 32.6. The second-order valence-corrected chi connectivity index (χ2v) is 7.85. The average molecular weight is 288 g/mol. The standard InChI is InChI=1S/C16H16O3S/c17-16(11-1-4-15-10(7-11)5-6-19-15)12-8-13-2-3-14(9-12)20(13)18/h1,4-7,12-14H,2-3,8-9H2. The van der Waals surface area contributed by atoms with Gasteiger partial charge in [0.2, 0.25) is 0 Å². The van der Waals surface area contributed by atoms with Crippen LogP contribution in [-0.2, 0) is 10.8 Å². The van der Waals surface area contributed by atoms with Crippen molar-refractivity contribution in [1.29, 1.82) is 0 Å². The fourth-order valence-corrected chi connectivity index (χ4v) is 5.73. The number of carbonyl (C=O) groups excluding carboxylic acids is 1. The lowest BCUT2D eigenvalue weighted by Crippen LogP contribution is -2.32. The molecule has 104 valence electrons. The van der Waals surface area contributed by atoms with Crippen LogP contribution in [0.5, 0.6) is 0 Å². The van der Waals surface area contributed by atoms with Crippen LogP contribution in [0.15, 0.2) is 34.9 Å². The highest BCUT2D eigenvalue weighted by molar-refractivity contribution is 7.86. The van der Waals surface area contributed by atoms with Gasteiger partial charge in [-0.3, -0.25) is 9.00 Å². The molecule has 2 atom stereocenters. The average Bonchev–Trinajstić information content (AvgIpc) is 2.98. The fraction of sp³-hybridized carbons (Fsp3) is 0.438. The number of furan rings is 1. The van der Waals surface area contributed by atoms with Gasteiger partial charge in [0.1, 0.15) is 5.58 Å². The number of rotatable bonds is 2. The Labute approximate surface area is 119 Å². The highest BCUT2D eigenvalue weighted by atomic mass is 32.2. The van der Waals surface area contributed by atoms with Crippen molar-refractivity contribution in [3.8, 4) is 0 Å². The molecule has 2 bridgehead atoms. The zero-order valence-corrected chi connectivity index (χ0v) is 11.9. The summed E-state index contributed by atoms with van der Waals surface area (Å²) < 4.78 is 17.3. The molecular weight excluding hydrogens is 272 g/mol. The second kappa shape index (κ2) is 4.55. The maximum absolute atomic E-state index is 12.7. The topological polar surface area (TPSA) is 47.3 Å². The number of hydrogen-bond acceptors (Lipinski definition) is 3. The van der Waals surface area contributed by atoms with Gasteiger partial charge >= 0.3 is 0 Å². The Hall–Kier alpha value is -1.42. The van der Waals surface area contributed by atoms with E-state index in [1.165, 1.54) is 0 Å². The van der Waals surface area contributed by atoms with Crippen LogP contribution in [0.3, 0.4) is 0 Å². The molecule has 2 aliphatic rings. The van der Waals surface area contributed by atoms with Gasteiger partial charge < -0.3 is 4.42 Å². The molecule has 2 unspecified atom stereocenters. The van der Waals surface area contributed by atoms with E-state index in [0.29, 0.717) is 0 Å². The van der Waals surface area contributed by atoms with Gasteiger partial charge in [0.25, 0.3) is 0 Å². The van der Waals surface area contributed by atoms with Crippen molar-refractivity contribution in [1.82, 2.24) is 0 Å². The molecule has 0 radical (unpaired) electrons. The van der Waals surface area contributed by atoms with E-state index in [4.69, 9.17) is 4.42 Å². The molecule has 2 aromatic rings. The van der Waals surface area contributed by atoms with E-state index in [0.717, 1.165) is 42.2 Å². The Kier molecular flexibility index (Phi) is 2.81. The van der Waals surface area contributed by atoms with Crippen LogP contribution in [0.1, 0.15) is 36.0 Å². The van der Waals surface area contributed by atoms with Crippen molar-refractivity contribution in [3.63, 3.8) is 0 Å². The van der Waals surface area contributed by atoms with Crippen LogP contribution in [0.25, 0.3) is 11.0 Å². The summed E-state index contributed by atoms with van der Waals surface area (Å²) in [6.07, 6.45) is 5.29. The zero-order valence-electron chi connectivity index (χ0n) is 11.1. The minimum atomic E-state index is -0.695. The number of benzene rings is 1. The third-order valence-corrected chi connectivity index (χ3v) is 6.84. The third-order valence-electron chi connectivity index (χ3n) is 4.67. The summed E-state index contributed by atoms with van der Waals surface area (Å²) >= 11 is 0. The van der Waals surface area contributed by atoms with Crippen LogP contribution in [0.2, 0.25) is 0 Å². The highest BCUT2D eigenvalue weighted by Crippen LogP contribution is 2.40. The molecule has 3 nitrogen and oxygen atoms in total. The summed E-state index contributed by atoms with van der Waals surface area (Å²) in [6.45, 7) is 0. The Bertz CT molecular complexity index is 687. The fourth-order valence-electron chi connectivity index (χ4n) is 3.60. The van der Waals surface area contributed by atoms with Gasteiger partial charge in [-0.25, -0.2) is 0 Å². The SMILES string of the molecule is O=C(c1ccc2occc2c1)C1CC2CCC(C1)S2=O. The molecule has 3 heterocycles. The minimum Gasteiger partial charge on any atom is -0.464 e. The molecule has 4 rings (SSSR count). The maximum atomic E-state index is 12.7. The Balaban J connectivity index is 1.62. The van der Waals surface area contributed by atoms with E-state index in [1.807, 2.05) is 24.3 Å². The van der Waals surface area contributed by atoms with Gasteiger partial charge in [0.15, 0.2) is 5.78 Å². The Morgan fingerprint density at radius 3 is 2.65 bits per heavy atom. The van der Waals surface area contributed by atoms with Crippen molar-refractivity contribution in [3.05, 3.63) is 36.1 Å². The van der Waals surface area contributed by atoms with E-state index < -0.39 is 10.8 Å². The molecule has 2 aliphatic heterocycles. The van der Waals surface area contributed by atoms with Gasteiger partial charge in [-0.2, -0.15) is 0 Å². The molecule has 1 aromatic carbocycles. The molecular formula is C16H16O3S. The molecule has 4 heteroatoms. The number of carbonyl (C=O) groups is 1. The zero-order chi connectivity index (χ0) is 13.7. The van der Waals surface area contributed by atoms with Gasteiger partial charge in [0, 0.05) is 38.2 Å². The summed E-state index contributed by atoms with van der Waals surface area (Å²) in [4.78, 5) is 12.7. The van der Waals surface area contributed by atoms with Gasteiger partial charge in [0.05, 0.1) is 6.26 Å². The van der Waals surface area contributed by atoms with Gasteiger partial charge in [-0.05, 0) is 49.9 Å². The molecule has 2 saturated heterocycles. The summed E-state index contributed by atoms with van der Waals surface area (Å²) in [6, 6.07) is 7.50. The Morgan fingerprint density at radius 1 is 1.15 bits per heavy atom. The molecule has 0 aliphatic carbocycles. The van der Waals surface area contributed by atoms with Crippen molar-refractivity contribution in [2.45, 2.75) is 36.2 Å². The lowest BCUT2D eigenvalue weighted by molar-refractivity contribution is 0.0906. The van der Waals surface area contributed by atoms with Crippen molar-refractivity contribution >= 4 is 27.6 Å². The number of hydrogen-bond donors (Lipinski definition) is 0. The Morgan fingerprint density at radius 2 is 1.90 bits per heavy atom. The molecule has 0 amide bonds. The summed E-state index contributed by atoms with van der Waals surface area (Å²) in [5.74, 6) is 0.260. The molecule has 0 saturated carbocycles. The highest BCUT2D eigenvalue weighted by Gasteiger charge is 2.42. The van der Waals surface area contributed by atoms with E-state index in [2.05, 4.69) is 0 Å².